The number of amides is 1. The Balaban J connectivity index is 1.78. The van der Waals surface area contributed by atoms with E-state index in [0.29, 0.717) is 23.2 Å². The number of hydrogen-bond donors (Lipinski definition) is 1. The zero-order valence-electron chi connectivity index (χ0n) is 15.4. The molecule has 27 heavy (non-hydrogen) atoms. The largest absolute Gasteiger partial charge is 0.350 e. The molecule has 1 N–H and O–H groups in total. The maximum atomic E-state index is 12.8. The van der Waals surface area contributed by atoms with Crippen LogP contribution in [-0.4, -0.2) is 37.2 Å². The zero-order valence-corrected chi connectivity index (χ0v) is 16.2. The molecule has 0 saturated carbocycles. The molecule has 1 aromatic heterocycles. The fourth-order valence-electron chi connectivity index (χ4n) is 2.93. The van der Waals surface area contributed by atoms with Crippen LogP contribution in [0, 0.1) is 0 Å². The molecule has 0 aliphatic carbocycles. The average Bonchev–Trinajstić information content (AvgIpc) is 3.22. The third-order valence-electron chi connectivity index (χ3n) is 4.40. The molecular formula is C22H22N2O2S. The van der Waals surface area contributed by atoms with Gasteiger partial charge < -0.3 is 10.2 Å². The summed E-state index contributed by atoms with van der Waals surface area (Å²) in [6.07, 6.45) is 0. The van der Waals surface area contributed by atoms with Crippen molar-refractivity contribution in [1.29, 1.82) is 0 Å². The quantitative estimate of drug-likeness (QED) is 0.632. The van der Waals surface area contributed by atoms with Gasteiger partial charge in [0.25, 0.3) is 5.91 Å². The van der Waals surface area contributed by atoms with Crippen molar-refractivity contribution in [1.82, 2.24) is 10.2 Å². The van der Waals surface area contributed by atoms with Crippen molar-refractivity contribution in [2.24, 2.45) is 0 Å². The Morgan fingerprint density at radius 2 is 1.59 bits per heavy atom. The summed E-state index contributed by atoms with van der Waals surface area (Å²) in [5.41, 5.74) is 1.39. The van der Waals surface area contributed by atoms with E-state index < -0.39 is 0 Å². The molecule has 0 saturated heterocycles. The maximum absolute atomic E-state index is 12.8. The lowest BCUT2D eigenvalue weighted by Gasteiger charge is -2.23. The number of carbonyl (C=O) groups is 2. The minimum absolute atomic E-state index is 0.0888. The molecule has 0 bridgehead atoms. The molecule has 1 atom stereocenters. The normalized spacial score (nSPS) is 12.0. The number of thiophene rings is 1. The SMILES string of the molecule is CN(C)C(CNC(=O)c1ccccc1C(=O)c1ccccc1)c1cccs1. The van der Waals surface area contributed by atoms with Gasteiger partial charge in [0.1, 0.15) is 0 Å². The number of nitrogens with one attached hydrogen (secondary N) is 1. The van der Waals surface area contributed by atoms with E-state index in [1.165, 1.54) is 4.88 Å². The lowest BCUT2D eigenvalue weighted by Crippen LogP contribution is -2.34. The minimum Gasteiger partial charge on any atom is -0.350 e. The minimum atomic E-state index is -0.238. The summed E-state index contributed by atoms with van der Waals surface area (Å²) in [5.74, 6) is -0.387. The van der Waals surface area contributed by atoms with Gasteiger partial charge in [-0.1, -0.05) is 54.6 Å². The highest BCUT2D eigenvalue weighted by Gasteiger charge is 2.20. The summed E-state index contributed by atoms with van der Waals surface area (Å²) in [5, 5.41) is 5.02. The molecule has 0 aliphatic heterocycles. The molecule has 1 amide bonds. The van der Waals surface area contributed by atoms with E-state index in [0.717, 1.165) is 0 Å². The van der Waals surface area contributed by atoms with Gasteiger partial charge in [0.05, 0.1) is 11.6 Å². The van der Waals surface area contributed by atoms with Gasteiger partial charge in [-0.3, -0.25) is 9.59 Å². The van der Waals surface area contributed by atoms with Gasteiger partial charge in [-0.25, -0.2) is 0 Å². The van der Waals surface area contributed by atoms with Gasteiger partial charge in [0.15, 0.2) is 5.78 Å². The second-order valence-corrected chi connectivity index (χ2v) is 7.42. The van der Waals surface area contributed by atoms with Gasteiger partial charge in [0.2, 0.25) is 0 Å². The summed E-state index contributed by atoms with van der Waals surface area (Å²) in [6.45, 7) is 0.472. The lowest BCUT2D eigenvalue weighted by molar-refractivity contribution is 0.0932. The second kappa shape index (κ2) is 8.75. The van der Waals surface area contributed by atoms with Crippen LogP contribution in [0.15, 0.2) is 72.1 Å². The zero-order chi connectivity index (χ0) is 19.2. The summed E-state index contributed by atoms with van der Waals surface area (Å²) >= 11 is 1.67. The van der Waals surface area contributed by atoms with Crippen molar-refractivity contribution in [3.05, 3.63) is 93.7 Å². The Morgan fingerprint density at radius 3 is 2.22 bits per heavy atom. The number of nitrogens with zero attached hydrogens (tertiary/aromatic N) is 1. The fraction of sp³-hybridized carbons (Fsp3) is 0.182. The van der Waals surface area contributed by atoms with Crippen molar-refractivity contribution >= 4 is 23.0 Å². The molecule has 138 valence electrons. The first-order valence-electron chi connectivity index (χ1n) is 8.74. The molecular weight excluding hydrogens is 356 g/mol. The van der Waals surface area contributed by atoms with Gasteiger partial charge in [-0.2, -0.15) is 0 Å². The highest BCUT2D eigenvalue weighted by molar-refractivity contribution is 7.10. The van der Waals surface area contributed by atoms with E-state index in [9.17, 15) is 9.59 Å². The molecule has 0 fully saturated rings. The van der Waals surface area contributed by atoms with Crippen LogP contribution in [0.25, 0.3) is 0 Å². The number of benzene rings is 2. The molecule has 3 rings (SSSR count). The van der Waals surface area contributed by atoms with Gasteiger partial charge in [-0.05, 0) is 31.6 Å². The lowest BCUT2D eigenvalue weighted by atomic mass is 9.98. The first-order chi connectivity index (χ1) is 13.1. The molecule has 1 unspecified atom stereocenters. The Labute approximate surface area is 163 Å². The number of rotatable bonds is 7. The van der Waals surface area contributed by atoms with Crippen molar-refractivity contribution < 1.29 is 9.59 Å². The smallest absolute Gasteiger partial charge is 0.252 e. The predicted molar refractivity (Wildman–Crippen MR) is 109 cm³/mol. The van der Waals surface area contributed by atoms with E-state index in [4.69, 9.17) is 0 Å². The number of hydrogen-bond acceptors (Lipinski definition) is 4. The third kappa shape index (κ3) is 4.51. The Hall–Kier alpha value is -2.76. The number of likely N-dealkylation sites (N-methyl/N-ethyl adjacent to an activating group) is 1. The molecule has 3 aromatic rings. The molecule has 4 nitrogen and oxygen atoms in total. The van der Waals surface area contributed by atoms with Crippen molar-refractivity contribution in [3.63, 3.8) is 0 Å². The van der Waals surface area contributed by atoms with E-state index in [-0.39, 0.29) is 17.7 Å². The Morgan fingerprint density at radius 1 is 0.926 bits per heavy atom. The molecule has 0 aliphatic rings. The van der Waals surface area contributed by atoms with E-state index in [1.807, 2.05) is 43.7 Å². The summed E-state index contributed by atoms with van der Waals surface area (Å²) in [4.78, 5) is 28.9. The third-order valence-corrected chi connectivity index (χ3v) is 5.38. The molecule has 0 radical (unpaired) electrons. The summed E-state index contributed by atoms with van der Waals surface area (Å²) < 4.78 is 0. The topological polar surface area (TPSA) is 49.4 Å². The van der Waals surface area contributed by atoms with Crippen molar-refractivity contribution in [2.75, 3.05) is 20.6 Å². The van der Waals surface area contributed by atoms with Crippen LogP contribution in [0.3, 0.4) is 0 Å². The van der Waals surface area contributed by atoms with E-state index >= 15 is 0 Å². The van der Waals surface area contributed by atoms with E-state index in [1.54, 1.807) is 47.7 Å². The van der Waals surface area contributed by atoms with Gasteiger partial charge >= 0.3 is 0 Å². The van der Waals surface area contributed by atoms with Crippen LogP contribution in [0.1, 0.15) is 37.2 Å². The molecule has 1 heterocycles. The summed E-state index contributed by atoms with van der Waals surface area (Å²) in [7, 11) is 3.98. The molecule has 0 spiro atoms. The second-order valence-electron chi connectivity index (χ2n) is 6.45. The Kier molecular flexibility index (Phi) is 6.16. The first-order valence-corrected chi connectivity index (χ1v) is 9.62. The van der Waals surface area contributed by atoms with Crippen LogP contribution in [0.4, 0.5) is 0 Å². The van der Waals surface area contributed by atoms with Crippen LogP contribution < -0.4 is 5.32 Å². The van der Waals surface area contributed by atoms with E-state index in [2.05, 4.69) is 16.3 Å². The number of carbonyl (C=O) groups excluding carboxylic acids is 2. The molecule has 5 heteroatoms. The fourth-order valence-corrected chi connectivity index (χ4v) is 3.85. The van der Waals surface area contributed by atoms with Gasteiger partial charge in [-0.15, -0.1) is 11.3 Å². The average molecular weight is 378 g/mol. The highest BCUT2D eigenvalue weighted by Crippen LogP contribution is 2.22. The molecule has 2 aromatic carbocycles. The monoisotopic (exact) mass is 378 g/mol. The Bertz CT molecular complexity index is 905. The summed E-state index contributed by atoms with van der Waals surface area (Å²) in [6, 6.07) is 20.1. The number of ketones is 1. The van der Waals surface area contributed by atoms with Gasteiger partial charge in [0, 0.05) is 22.5 Å². The van der Waals surface area contributed by atoms with Crippen LogP contribution >= 0.6 is 11.3 Å². The first kappa shape index (κ1) is 19.0. The van der Waals surface area contributed by atoms with Crippen LogP contribution in [0.5, 0.6) is 0 Å². The standard InChI is InChI=1S/C22H22N2O2S/c1-24(2)19(20-13-8-14-27-20)15-23-22(26)18-12-7-6-11-17(18)21(25)16-9-4-3-5-10-16/h3-14,19H,15H2,1-2H3,(H,23,26). The van der Waals surface area contributed by atoms with Crippen molar-refractivity contribution in [2.45, 2.75) is 6.04 Å². The predicted octanol–water partition coefficient (Wildman–Crippen LogP) is 4.01. The van der Waals surface area contributed by atoms with Crippen molar-refractivity contribution in [3.8, 4) is 0 Å². The highest BCUT2D eigenvalue weighted by atomic mass is 32.1. The van der Waals surface area contributed by atoms with Crippen LogP contribution in [0.2, 0.25) is 0 Å². The van der Waals surface area contributed by atoms with Crippen LogP contribution in [-0.2, 0) is 0 Å². The maximum Gasteiger partial charge on any atom is 0.252 e.